The predicted molar refractivity (Wildman–Crippen MR) is 165 cm³/mol. The van der Waals surface area contributed by atoms with Crippen molar-refractivity contribution in [2.24, 2.45) is 5.92 Å². The van der Waals surface area contributed by atoms with E-state index in [0.29, 0.717) is 43.2 Å². The molecule has 2 aromatic carbocycles. The highest BCUT2D eigenvalue weighted by Crippen LogP contribution is 2.33. The maximum Gasteiger partial charge on any atom is 0.305 e. The van der Waals surface area contributed by atoms with Crippen molar-refractivity contribution in [1.29, 1.82) is 0 Å². The van der Waals surface area contributed by atoms with Crippen molar-refractivity contribution < 1.29 is 29.0 Å². The van der Waals surface area contributed by atoms with Crippen LogP contribution in [0, 0.1) is 5.92 Å². The van der Waals surface area contributed by atoms with Crippen molar-refractivity contribution >= 4 is 35.1 Å². The number of ether oxygens (including phenoxy) is 1. The van der Waals surface area contributed by atoms with Gasteiger partial charge in [-0.3, -0.25) is 24.2 Å². The van der Waals surface area contributed by atoms with Crippen LogP contribution < -0.4 is 20.3 Å². The van der Waals surface area contributed by atoms with E-state index in [1.165, 1.54) is 6.20 Å². The average Bonchev–Trinajstić information content (AvgIpc) is 3.89. The summed E-state index contributed by atoms with van der Waals surface area (Å²) in [4.78, 5) is 59.1. The number of rotatable bonds is 11. The fraction of sp³-hybridized carbons (Fsp3) is 0.364. The lowest BCUT2D eigenvalue weighted by Gasteiger charge is -2.27. The highest BCUT2D eigenvalue weighted by molar-refractivity contribution is 6.00. The lowest BCUT2D eigenvalue weighted by atomic mass is 10.0. The Balaban J connectivity index is 1.38. The number of carboxylic acid groups (broad SMARTS) is 1. The first-order valence-corrected chi connectivity index (χ1v) is 14.8. The number of aliphatic carboxylic acids is 1. The molecule has 0 bridgehead atoms. The number of amides is 3. The molecule has 2 fully saturated rings. The highest BCUT2D eigenvalue weighted by Gasteiger charge is 2.34. The Kier molecular flexibility index (Phi) is 9.73. The van der Waals surface area contributed by atoms with Gasteiger partial charge in [-0.2, -0.15) is 0 Å². The SMILES string of the molecule is COc1ccc(CC(=O)Nc2cc(C(=O)NC(CC(=O)O)c3cccnc3)ccc2N2CCCN(C(=O)C3CC3)CC2)cc1. The summed E-state index contributed by atoms with van der Waals surface area (Å²) >= 11 is 0. The van der Waals surface area contributed by atoms with Crippen molar-refractivity contribution in [1.82, 2.24) is 15.2 Å². The van der Waals surface area contributed by atoms with Crippen LogP contribution in [0.3, 0.4) is 0 Å². The van der Waals surface area contributed by atoms with Gasteiger partial charge in [0.15, 0.2) is 0 Å². The number of methoxy groups -OCH3 is 1. The number of pyridine rings is 1. The summed E-state index contributed by atoms with van der Waals surface area (Å²) in [5, 5.41) is 15.3. The first-order valence-electron chi connectivity index (χ1n) is 14.8. The lowest BCUT2D eigenvalue weighted by molar-refractivity contribution is -0.137. The van der Waals surface area contributed by atoms with Gasteiger partial charge in [0, 0.05) is 50.1 Å². The lowest BCUT2D eigenvalue weighted by Crippen LogP contribution is -2.36. The minimum Gasteiger partial charge on any atom is -0.497 e. The van der Waals surface area contributed by atoms with Gasteiger partial charge in [-0.1, -0.05) is 18.2 Å². The summed E-state index contributed by atoms with van der Waals surface area (Å²) in [6.07, 6.45) is 5.60. The van der Waals surface area contributed by atoms with Crippen molar-refractivity contribution in [3.8, 4) is 5.75 Å². The molecule has 44 heavy (non-hydrogen) atoms. The molecule has 1 saturated heterocycles. The summed E-state index contributed by atoms with van der Waals surface area (Å²) in [5.41, 5.74) is 2.86. The fourth-order valence-corrected chi connectivity index (χ4v) is 5.39. The molecule has 1 aliphatic heterocycles. The van der Waals surface area contributed by atoms with Gasteiger partial charge in [0.2, 0.25) is 11.8 Å². The third-order valence-electron chi connectivity index (χ3n) is 7.90. The zero-order valence-corrected chi connectivity index (χ0v) is 24.7. The van der Waals surface area contributed by atoms with E-state index in [9.17, 15) is 24.3 Å². The molecule has 0 spiro atoms. The predicted octanol–water partition coefficient (Wildman–Crippen LogP) is 3.67. The Bertz CT molecular complexity index is 1490. The zero-order valence-electron chi connectivity index (χ0n) is 24.7. The van der Waals surface area contributed by atoms with E-state index >= 15 is 0 Å². The molecule has 1 saturated carbocycles. The second-order valence-corrected chi connectivity index (χ2v) is 11.2. The number of hydrogen-bond acceptors (Lipinski definition) is 7. The molecular formula is C33H37N5O6. The van der Waals surface area contributed by atoms with Crippen LogP contribution in [0.25, 0.3) is 0 Å². The number of carbonyl (C=O) groups excluding carboxylic acids is 3. The molecule has 0 radical (unpaired) electrons. The molecule has 11 heteroatoms. The van der Waals surface area contributed by atoms with Gasteiger partial charge in [-0.15, -0.1) is 0 Å². The van der Waals surface area contributed by atoms with E-state index in [1.807, 2.05) is 17.0 Å². The van der Waals surface area contributed by atoms with Crippen molar-refractivity contribution in [3.05, 3.63) is 83.7 Å². The minimum absolute atomic E-state index is 0.116. The Labute approximate surface area is 256 Å². The summed E-state index contributed by atoms with van der Waals surface area (Å²) in [6.45, 7) is 2.54. The molecule has 1 unspecified atom stereocenters. The number of anilines is 2. The van der Waals surface area contributed by atoms with Gasteiger partial charge < -0.3 is 30.3 Å². The van der Waals surface area contributed by atoms with Crippen LogP contribution in [0.1, 0.15) is 53.2 Å². The van der Waals surface area contributed by atoms with Crippen molar-refractivity contribution in [3.63, 3.8) is 0 Å². The number of nitrogens with one attached hydrogen (secondary N) is 2. The Morgan fingerprint density at radius 1 is 1.02 bits per heavy atom. The summed E-state index contributed by atoms with van der Waals surface area (Å²) in [7, 11) is 1.58. The van der Waals surface area contributed by atoms with Gasteiger partial charge in [0.05, 0.1) is 37.4 Å². The fourth-order valence-electron chi connectivity index (χ4n) is 5.39. The number of carbonyl (C=O) groups is 4. The first-order chi connectivity index (χ1) is 21.3. The molecule has 1 atom stereocenters. The van der Waals surface area contributed by atoms with Gasteiger partial charge in [-0.05, 0) is 66.8 Å². The molecule has 5 rings (SSSR count). The molecule has 11 nitrogen and oxygen atoms in total. The Morgan fingerprint density at radius 3 is 2.50 bits per heavy atom. The van der Waals surface area contributed by atoms with Crippen LogP contribution in [0.5, 0.6) is 5.75 Å². The van der Waals surface area contributed by atoms with E-state index < -0.39 is 17.9 Å². The number of aromatic nitrogens is 1. The van der Waals surface area contributed by atoms with Crippen LogP contribution in [-0.2, 0) is 20.8 Å². The largest absolute Gasteiger partial charge is 0.497 e. The van der Waals surface area contributed by atoms with E-state index in [2.05, 4.69) is 20.5 Å². The second-order valence-electron chi connectivity index (χ2n) is 11.2. The van der Waals surface area contributed by atoms with Crippen LogP contribution >= 0.6 is 0 Å². The van der Waals surface area contributed by atoms with E-state index in [-0.39, 0.29) is 36.1 Å². The normalized spacial score (nSPS) is 15.6. The minimum atomic E-state index is -1.06. The Morgan fingerprint density at radius 2 is 1.82 bits per heavy atom. The monoisotopic (exact) mass is 599 g/mol. The standard InChI is InChI=1S/C33H37N5O6/c1-44-26-10-5-22(6-11-26)18-30(39)35-28-19-24(32(42)36-27(20-31(40)41)25-4-2-13-34-21-25)9-12-29(28)37-14-3-15-38(17-16-37)33(43)23-7-8-23/h2,4-6,9-13,19,21,23,27H,3,7-8,14-18,20H2,1H3,(H,35,39)(H,36,42)(H,40,41). The number of hydrogen-bond donors (Lipinski definition) is 3. The zero-order chi connectivity index (χ0) is 31.1. The van der Waals surface area contributed by atoms with Crippen LogP contribution in [-0.4, -0.2) is 72.0 Å². The third kappa shape index (κ3) is 7.91. The van der Waals surface area contributed by atoms with Crippen molar-refractivity contribution in [2.75, 3.05) is 43.5 Å². The van der Waals surface area contributed by atoms with Crippen LogP contribution in [0.4, 0.5) is 11.4 Å². The van der Waals surface area contributed by atoms with E-state index in [4.69, 9.17) is 4.74 Å². The summed E-state index contributed by atoms with van der Waals surface area (Å²) in [6, 6.07) is 14.9. The molecular weight excluding hydrogens is 562 g/mol. The topological polar surface area (TPSA) is 141 Å². The molecule has 2 aliphatic rings. The average molecular weight is 600 g/mol. The number of carboxylic acids is 1. The number of benzene rings is 2. The molecule has 3 N–H and O–H groups in total. The van der Waals surface area contributed by atoms with Crippen LogP contribution in [0.15, 0.2) is 67.0 Å². The summed E-state index contributed by atoms with van der Waals surface area (Å²) in [5.74, 6) is -0.725. The molecule has 1 aromatic heterocycles. The molecule has 1 aliphatic carbocycles. The maximum absolute atomic E-state index is 13.4. The molecule has 3 aromatic rings. The van der Waals surface area contributed by atoms with E-state index in [1.54, 1.807) is 55.8 Å². The number of nitrogens with zero attached hydrogens (tertiary/aromatic N) is 3. The molecule has 3 amide bonds. The smallest absolute Gasteiger partial charge is 0.305 e. The Hall–Kier alpha value is -4.93. The second kappa shape index (κ2) is 14.0. The van der Waals surface area contributed by atoms with Gasteiger partial charge >= 0.3 is 5.97 Å². The van der Waals surface area contributed by atoms with Gasteiger partial charge in [0.25, 0.3) is 5.91 Å². The quantitative estimate of drug-likeness (QED) is 0.303. The van der Waals surface area contributed by atoms with Crippen molar-refractivity contribution in [2.45, 2.75) is 38.1 Å². The van der Waals surface area contributed by atoms with E-state index in [0.717, 1.165) is 30.5 Å². The van der Waals surface area contributed by atoms with Crippen LogP contribution in [0.2, 0.25) is 0 Å². The first kappa shape index (κ1) is 30.5. The molecule has 230 valence electrons. The van der Waals surface area contributed by atoms with Gasteiger partial charge in [0.1, 0.15) is 5.75 Å². The maximum atomic E-state index is 13.4. The highest BCUT2D eigenvalue weighted by atomic mass is 16.5. The summed E-state index contributed by atoms with van der Waals surface area (Å²) < 4.78 is 5.21. The third-order valence-corrected chi connectivity index (χ3v) is 7.90. The molecule has 2 heterocycles. The van der Waals surface area contributed by atoms with Gasteiger partial charge in [-0.25, -0.2) is 0 Å².